The molecule has 0 unspecified atom stereocenters. The van der Waals surface area contributed by atoms with Gasteiger partial charge in [0.15, 0.2) is 22.9 Å². The summed E-state index contributed by atoms with van der Waals surface area (Å²) in [5, 5.41) is 7.24. The van der Waals surface area contributed by atoms with E-state index in [4.69, 9.17) is 14.2 Å². The number of aromatic nitrogens is 2. The zero-order chi connectivity index (χ0) is 22.2. The highest BCUT2D eigenvalue weighted by molar-refractivity contribution is 5.95. The van der Waals surface area contributed by atoms with Crippen molar-refractivity contribution >= 4 is 5.91 Å². The predicted octanol–water partition coefficient (Wildman–Crippen LogP) is 3.79. The van der Waals surface area contributed by atoms with Crippen molar-refractivity contribution < 1.29 is 23.4 Å². The Bertz CT molecular complexity index is 1020. The second-order valence-corrected chi connectivity index (χ2v) is 6.81. The fourth-order valence-electron chi connectivity index (χ4n) is 3.00. The van der Waals surface area contributed by atoms with Crippen LogP contribution >= 0.6 is 0 Å². The van der Waals surface area contributed by atoms with Gasteiger partial charge in [-0.3, -0.25) is 4.79 Å². The van der Waals surface area contributed by atoms with Crippen LogP contribution in [0.15, 0.2) is 48.7 Å². The molecule has 0 bridgehead atoms. The lowest BCUT2D eigenvalue weighted by Gasteiger charge is -2.10. The van der Waals surface area contributed by atoms with Crippen molar-refractivity contribution in [1.29, 1.82) is 0 Å². The van der Waals surface area contributed by atoms with Crippen LogP contribution in [-0.4, -0.2) is 43.1 Å². The van der Waals surface area contributed by atoms with Crippen molar-refractivity contribution in [3.8, 4) is 22.9 Å². The maximum atomic E-state index is 13.2. The molecule has 3 aromatic rings. The number of carbonyl (C=O) groups excluding carboxylic acids is 1. The molecule has 0 aliphatic rings. The molecule has 7 nitrogen and oxygen atoms in total. The van der Waals surface area contributed by atoms with Crippen LogP contribution in [0.3, 0.4) is 0 Å². The maximum Gasteiger partial charge on any atom is 0.275 e. The number of hydrogen-bond donors (Lipinski definition) is 1. The molecule has 1 N–H and O–H groups in total. The van der Waals surface area contributed by atoms with Crippen LogP contribution < -0.4 is 19.5 Å². The van der Waals surface area contributed by atoms with Crippen LogP contribution in [0.2, 0.25) is 0 Å². The van der Waals surface area contributed by atoms with E-state index in [2.05, 4.69) is 10.4 Å². The first-order chi connectivity index (χ1) is 15.0. The van der Waals surface area contributed by atoms with Crippen molar-refractivity contribution in [3.05, 3.63) is 65.7 Å². The number of nitrogens with zero attached hydrogens (tertiary/aromatic N) is 2. The Balaban J connectivity index is 1.70. The standard InChI is InChI=1S/C23H26FN3O4/c1-4-13-31-21-15-27(18-8-6-17(24)7-9-18)26-22(21)23(28)25-12-11-16-5-10-19(29-2)20(14-16)30-3/h5-10,14-15H,4,11-13H2,1-3H3,(H,25,28). The van der Waals surface area contributed by atoms with Gasteiger partial charge in [-0.2, -0.15) is 5.10 Å². The van der Waals surface area contributed by atoms with Crippen LogP contribution in [0.1, 0.15) is 29.4 Å². The second-order valence-electron chi connectivity index (χ2n) is 6.81. The lowest BCUT2D eigenvalue weighted by Crippen LogP contribution is -2.26. The SMILES string of the molecule is CCCOc1cn(-c2ccc(F)cc2)nc1C(=O)NCCc1ccc(OC)c(OC)c1. The first-order valence-corrected chi connectivity index (χ1v) is 10.0. The van der Waals surface area contributed by atoms with Crippen molar-refractivity contribution in [1.82, 2.24) is 15.1 Å². The lowest BCUT2D eigenvalue weighted by molar-refractivity contribution is 0.0944. The normalized spacial score (nSPS) is 10.6. The molecule has 164 valence electrons. The minimum atomic E-state index is -0.341. The molecular formula is C23H26FN3O4. The zero-order valence-electron chi connectivity index (χ0n) is 17.9. The Hall–Kier alpha value is -3.55. The predicted molar refractivity (Wildman–Crippen MR) is 115 cm³/mol. The number of ether oxygens (including phenoxy) is 3. The van der Waals surface area contributed by atoms with E-state index in [1.807, 2.05) is 25.1 Å². The van der Waals surface area contributed by atoms with Gasteiger partial charge in [0.2, 0.25) is 0 Å². The second kappa shape index (κ2) is 10.5. The van der Waals surface area contributed by atoms with Crippen molar-refractivity contribution in [2.75, 3.05) is 27.4 Å². The molecule has 0 saturated heterocycles. The Labute approximate surface area is 180 Å². The molecule has 1 aromatic heterocycles. The molecule has 8 heteroatoms. The molecule has 0 spiro atoms. The van der Waals surface area contributed by atoms with E-state index in [0.29, 0.717) is 42.5 Å². The van der Waals surface area contributed by atoms with Gasteiger partial charge in [0.1, 0.15) is 5.82 Å². The Morgan fingerprint density at radius 2 is 1.81 bits per heavy atom. The van der Waals surface area contributed by atoms with Crippen molar-refractivity contribution in [2.24, 2.45) is 0 Å². The van der Waals surface area contributed by atoms with Gasteiger partial charge in [0, 0.05) is 6.54 Å². The van der Waals surface area contributed by atoms with E-state index in [1.165, 1.54) is 16.8 Å². The fraction of sp³-hybridized carbons (Fsp3) is 0.304. The fourth-order valence-corrected chi connectivity index (χ4v) is 3.00. The zero-order valence-corrected chi connectivity index (χ0v) is 17.9. The van der Waals surface area contributed by atoms with E-state index in [-0.39, 0.29) is 17.4 Å². The molecule has 3 rings (SSSR count). The van der Waals surface area contributed by atoms with E-state index in [1.54, 1.807) is 32.5 Å². The van der Waals surface area contributed by atoms with Gasteiger partial charge >= 0.3 is 0 Å². The monoisotopic (exact) mass is 427 g/mol. The average molecular weight is 427 g/mol. The third-order valence-electron chi connectivity index (χ3n) is 4.60. The Morgan fingerprint density at radius 1 is 1.06 bits per heavy atom. The molecule has 2 aromatic carbocycles. The highest BCUT2D eigenvalue weighted by Crippen LogP contribution is 2.27. The van der Waals surface area contributed by atoms with Crippen LogP contribution in [-0.2, 0) is 6.42 Å². The van der Waals surface area contributed by atoms with Gasteiger partial charge in [-0.15, -0.1) is 0 Å². The minimum Gasteiger partial charge on any atom is -0.493 e. The summed E-state index contributed by atoms with van der Waals surface area (Å²) in [5.74, 6) is 0.993. The van der Waals surface area contributed by atoms with Gasteiger partial charge in [0.25, 0.3) is 5.91 Å². The number of benzene rings is 2. The van der Waals surface area contributed by atoms with Crippen LogP contribution in [0.4, 0.5) is 4.39 Å². The molecular weight excluding hydrogens is 401 g/mol. The smallest absolute Gasteiger partial charge is 0.275 e. The summed E-state index contributed by atoms with van der Waals surface area (Å²) in [6.45, 7) is 2.85. The van der Waals surface area contributed by atoms with E-state index in [9.17, 15) is 9.18 Å². The highest BCUT2D eigenvalue weighted by Gasteiger charge is 2.19. The number of amides is 1. The van der Waals surface area contributed by atoms with Gasteiger partial charge in [0.05, 0.1) is 32.7 Å². The summed E-state index contributed by atoms with van der Waals surface area (Å²) in [7, 11) is 3.17. The van der Waals surface area contributed by atoms with Gasteiger partial charge in [-0.05, 0) is 54.8 Å². The first-order valence-electron chi connectivity index (χ1n) is 10.0. The summed E-state index contributed by atoms with van der Waals surface area (Å²) in [5.41, 5.74) is 1.81. The van der Waals surface area contributed by atoms with E-state index >= 15 is 0 Å². The Morgan fingerprint density at radius 3 is 2.48 bits per heavy atom. The molecule has 1 amide bonds. The molecule has 0 aliphatic carbocycles. The summed E-state index contributed by atoms with van der Waals surface area (Å²) < 4.78 is 31.0. The number of nitrogens with one attached hydrogen (secondary N) is 1. The topological polar surface area (TPSA) is 74.6 Å². The third-order valence-corrected chi connectivity index (χ3v) is 4.60. The molecule has 0 atom stereocenters. The highest BCUT2D eigenvalue weighted by atomic mass is 19.1. The number of halogens is 1. The number of rotatable bonds is 10. The largest absolute Gasteiger partial charge is 0.493 e. The summed E-state index contributed by atoms with van der Waals surface area (Å²) in [6.07, 6.45) is 3.03. The molecule has 0 radical (unpaired) electrons. The van der Waals surface area contributed by atoms with Gasteiger partial charge < -0.3 is 19.5 Å². The van der Waals surface area contributed by atoms with Crippen LogP contribution in [0.25, 0.3) is 5.69 Å². The van der Waals surface area contributed by atoms with Gasteiger partial charge in [-0.1, -0.05) is 13.0 Å². The summed E-state index contributed by atoms with van der Waals surface area (Å²) in [6, 6.07) is 11.5. The molecule has 1 heterocycles. The number of hydrogen-bond acceptors (Lipinski definition) is 5. The van der Waals surface area contributed by atoms with Crippen LogP contribution in [0.5, 0.6) is 17.2 Å². The first kappa shape index (κ1) is 22.1. The number of methoxy groups -OCH3 is 2. The average Bonchev–Trinajstić information content (AvgIpc) is 3.22. The minimum absolute atomic E-state index is 0.185. The third kappa shape index (κ3) is 5.53. The molecule has 0 aliphatic heterocycles. The van der Waals surface area contributed by atoms with Crippen molar-refractivity contribution in [2.45, 2.75) is 19.8 Å². The number of carbonyl (C=O) groups is 1. The summed E-state index contributed by atoms with van der Waals surface area (Å²) >= 11 is 0. The van der Waals surface area contributed by atoms with Crippen molar-refractivity contribution in [3.63, 3.8) is 0 Å². The molecule has 0 saturated carbocycles. The lowest BCUT2D eigenvalue weighted by atomic mass is 10.1. The van der Waals surface area contributed by atoms with E-state index in [0.717, 1.165) is 12.0 Å². The molecule has 0 fully saturated rings. The Kier molecular flexibility index (Phi) is 7.48. The maximum absolute atomic E-state index is 13.2. The quantitative estimate of drug-likeness (QED) is 0.533. The van der Waals surface area contributed by atoms with E-state index < -0.39 is 0 Å². The van der Waals surface area contributed by atoms with Crippen LogP contribution in [0, 0.1) is 5.82 Å². The summed E-state index contributed by atoms with van der Waals surface area (Å²) in [4.78, 5) is 12.8. The molecule has 31 heavy (non-hydrogen) atoms. The van der Waals surface area contributed by atoms with Gasteiger partial charge in [-0.25, -0.2) is 9.07 Å².